The van der Waals surface area contributed by atoms with Gasteiger partial charge in [0.2, 0.25) is 0 Å². The molecule has 2 heteroatoms. The molecule has 0 amide bonds. The molecule has 1 rings (SSSR count). The molecule has 1 N–H and O–H groups in total. The number of rotatable bonds is 3. The molecule has 0 aliphatic carbocycles. The molecular weight excluding hydrogens is 172 g/mol. The van der Waals surface area contributed by atoms with Crippen molar-refractivity contribution in [1.29, 1.82) is 0 Å². The van der Waals surface area contributed by atoms with Crippen LogP contribution in [0.5, 0.6) is 0 Å². The molecular formula is C12H16N2. The second-order valence-corrected chi connectivity index (χ2v) is 3.38. The SMILES string of the molecule is C#CCC(NC)c1ccc(C)nc1C. The first-order valence-electron chi connectivity index (χ1n) is 4.74. The topological polar surface area (TPSA) is 24.9 Å². The number of aryl methyl sites for hydroxylation is 2. The molecule has 0 saturated carbocycles. The fourth-order valence-electron chi connectivity index (χ4n) is 1.55. The molecule has 1 aromatic rings. The predicted octanol–water partition coefficient (Wildman–Crippen LogP) is 1.98. The second-order valence-electron chi connectivity index (χ2n) is 3.38. The second kappa shape index (κ2) is 4.78. The summed E-state index contributed by atoms with van der Waals surface area (Å²) in [5.74, 6) is 2.67. The highest BCUT2D eigenvalue weighted by atomic mass is 14.9. The van der Waals surface area contributed by atoms with Crippen LogP contribution in [0.2, 0.25) is 0 Å². The van der Waals surface area contributed by atoms with Gasteiger partial charge in [0, 0.05) is 23.9 Å². The largest absolute Gasteiger partial charge is 0.312 e. The van der Waals surface area contributed by atoms with Gasteiger partial charge in [-0.25, -0.2) is 0 Å². The molecule has 1 aromatic heterocycles. The molecule has 0 aromatic carbocycles. The van der Waals surface area contributed by atoms with E-state index in [1.807, 2.05) is 27.0 Å². The Kier molecular flexibility index (Phi) is 3.67. The Balaban J connectivity index is 2.99. The third-order valence-electron chi connectivity index (χ3n) is 2.31. The smallest absolute Gasteiger partial charge is 0.0446 e. The minimum Gasteiger partial charge on any atom is -0.312 e. The third kappa shape index (κ3) is 2.34. The highest BCUT2D eigenvalue weighted by Crippen LogP contribution is 2.18. The van der Waals surface area contributed by atoms with Crippen LogP contribution in [0.15, 0.2) is 12.1 Å². The van der Waals surface area contributed by atoms with Gasteiger partial charge in [0.25, 0.3) is 0 Å². The van der Waals surface area contributed by atoms with Crippen molar-refractivity contribution < 1.29 is 0 Å². The molecule has 0 fully saturated rings. The first kappa shape index (κ1) is 10.7. The van der Waals surface area contributed by atoms with Crippen LogP contribution >= 0.6 is 0 Å². The first-order valence-corrected chi connectivity index (χ1v) is 4.74. The Morgan fingerprint density at radius 1 is 1.50 bits per heavy atom. The van der Waals surface area contributed by atoms with Gasteiger partial charge in [0.1, 0.15) is 0 Å². The summed E-state index contributed by atoms with van der Waals surface area (Å²) in [4.78, 5) is 4.42. The Labute approximate surface area is 85.8 Å². The molecule has 0 saturated heterocycles. The van der Waals surface area contributed by atoms with Crippen molar-refractivity contribution in [3.05, 3.63) is 29.1 Å². The number of nitrogens with zero attached hydrogens (tertiary/aromatic N) is 1. The summed E-state index contributed by atoms with van der Waals surface area (Å²) in [5, 5.41) is 3.20. The van der Waals surface area contributed by atoms with Crippen LogP contribution < -0.4 is 5.32 Å². The van der Waals surface area contributed by atoms with E-state index in [4.69, 9.17) is 6.42 Å². The summed E-state index contributed by atoms with van der Waals surface area (Å²) in [6.45, 7) is 4.01. The van der Waals surface area contributed by atoms with E-state index >= 15 is 0 Å². The molecule has 0 radical (unpaired) electrons. The molecule has 0 aliphatic heterocycles. The Bertz CT molecular complexity index is 350. The minimum absolute atomic E-state index is 0.216. The van der Waals surface area contributed by atoms with Crippen LogP contribution in [0.1, 0.15) is 29.4 Å². The summed E-state index contributed by atoms with van der Waals surface area (Å²) in [7, 11) is 1.92. The van der Waals surface area contributed by atoms with Gasteiger partial charge < -0.3 is 5.32 Å². The number of aromatic nitrogens is 1. The summed E-state index contributed by atoms with van der Waals surface area (Å²) < 4.78 is 0. The predicted molar refractivity (Wildman–Crippen MR) is 59.0 cm³/mol. The van der Waals surface area contributed by atoms with E-state index in [1.165, 1.54) is 5.56 Å². The molecule has 74 valence electrons. The van der Waals surface area contributed by atoms with Gasteiger partial charge >= 0.3 is 0 Å². The Morgan fingerprint density at radius 3 is 2.71 bits per heavy atom. The zero-order valence-corrected chi connectivity index (χ0v) is 8.96. The summed E-state index contributed by atoms with van der Waals surface area (Å²) >= 11 is 0. The highest BCUT2D eigenvalue weighted by molar-refractivity contribution is 5.26. The molecule has 0 spiro atoms. The quantitative estimate of drug-likeness (QED) is 0.734. The fraction of sp³-hybridized carbons (Fsp3) is 0.417. The molecule has 0 aliphatic rings. The minimum atomic E-state index is 0.216. The van der Waals surface area contributed by atoms with Crippen molar-refractivity contribution in [3.8, 4) is 12.3 Å². The molecule has 14 heavy (non-hydrogen) atoms. The molecule has 1 atom stereocenters. The van der Waals surface area contributed by atoms with Crippen molar-refractivity contribution in [2.45, 2.75) is 26.3 Å². The number of hydrogen-bond donors (Lipinski definition) is 1. The highest BCUT2D eigenvalue weighted by Gasteiger charge is 2.10. The van der Waals surface area contributed by atoms with Gasteiger partial charge in [-0.2, -0.15) is 0 Å². The number of hydrogen-bond acceptors (Lipinski definition) is 2. The van der Waals surface area contributed by atoms with Gasteiger partial charge in [-0.05, 0) is 32.5 Å². The van der Waals surface area contributed by atoms with E-state index < -0.39 is 0 Å². The van der Waals surface area contributed by atoms with E-state index in [0.717, 1.165) is 11.4 Å². The van der Waals surface area contributed by atoms with E-state index in [9.17, 15) is 0 Å². The lowest BCUT2D eigenvalue weighted by Gasteiger charge is -2.15. The van der Waals surface area contributed by atoms with Crippen LogP contribution in [0, 0.1) is 26.2 Å². The standard InChI is InChI=1S/C12H16N2/c1-5-6-12(13-4)11-8-7-9(2)14-10(11)3/h1,7-8,12-13H,6H2,2-4H3. The van der Waals surface area contributed by atoms with Gasteiger partial charge in [0.05, 0.1) is 0 Å². The zero-order valence-electron chi connectivity index (χ0n) is 8.96. The average Bonchev–Trinajstić information content (AvgIpc) is 2.15. The van der Waals surface area contributed by atoms with E-state index in [1.54, 1.807) is 0 Å². The molecule has 1 heterocycles. The zero-order chi connectivity index (χ0) is 10.6. The fourth-order valence-corrected chi connectivity index (χ4v) is 1.55. The van der Waals surface area contributed by atoms with Crippen LogP contribution in [0.4, 0.5) is 0 Å². The van der Waals surface area contributed by atoms with Gasteiger partial charge in [-0.3, -0.25) is 4.98 Å². The van der Waals surface area contributed by atoms with Crippen molar-refractivity contribution in [1.82, 2.24) is 10.3 Å². The average molecular weight is 188 g/mol. The van der Waals surface area contributed by atoms with E-state index in [-0.39, 0.29) is 6.04 Å². The van der Waals surface area contributed by atoms with Crippen LogP contribution in [0.25, 0.3) is 0 Å². The van der Waals surface area contributed by atoms with Crippen LogP contribution in [0.3, 0.4) is 0 Å². The van der Waals surface area contributed by atoms with E-state index in [2.05, 4.69) is 22.3 Å². The normalized spacial score (nSPS) is 12.1. The third-order valence-corrected chi connectivity index (χ3v) is 2.31. The maximum Gasteiger partial charge on any atom is 0.0446 e. The first-order chi connectivity index (χ1) is 6.69. The summed E-state index contributed by atoms with van der Waals surface area (Å²) in [5.41, 5.74) is 3.29. The van der Waals surface area contributed by atoms with Gasteiger partial charge in [-0.15, -0.1) is 12.3 Å². The molecule has 0 bridgehead atoms. The maximum absolute atomic E-state index is 5.31. The number of pyridine rings is 1. The van der Waals surface area contributed by atoms with Crippen molar-refractivity contribution in [3.63, 3.8) is 0 Å². The lowest BCUT2D eigenvalue weighted by molar-refractivity contribution is 0.604. The Hall–Kier alpha value is -1.33. The van der Waals surface area contributed by atoms with Crippen molar-refractivity contribution in [2.75, 3.05) is 7.05 Å². The van der Waals surface area contributed by atoms with Gasteiger partial charge in [0.15, 0.2) is 0 Å². The summed E-state index contributed by atoms with van der Waals surface area (Å²) in [6, 6.07) is 4.33. The Morgan fingerprint density at radius 2 is 2.21 bits per heavy atom. The molecule has 1 unspecified atom stereocenters. The number of nitrogens with one attached hydrogen (secondary N) is 1. The van der Waals surface area contributed by atoms with Crippen molar-refractivity contribution in [2.24, 2.45) is 0 Å². The van der Waals surface area contributed by atoms with Gasteiger partial charge in [-0.1, -0.05) is 6.07 Å². The van der Waals surface area contributed by atoms with Crippen LogP contribution in [-0.2, 0) is 0 Å². The summed E-state index contributed by atoms with van der Waals surface area (Å²) in [6.07, 6.45) is 6.01. The van der Waals surface area contributed by atoms with E-state index in [0.29, 0.717) is 6.42 Å². The lowest BCUT2D eigenvalue weighted by Crippen LogP contribution is -2.17. The number of terminal acetylenes is 1. The monoisotopic (exact) mass is 188 g/mol. The maximum atomic E-state index is 5.31. The van der Waals surface area contributed by atoms with Crippen molar-refractivity contribution >= 4 is 0 Å². The van der Waals surface area contributed by atoms with Crippen LogP contribution in [-0.4, -0.2) is 12.0 Å². The lowest BCUT2D eigenvalue weighted by atomic mass is 10.0. The molecule has 2 nitrogen and oxygen atoms in total.